The van der Waals surface area contributed by atoms with Crippen LogP contribution in [0.2, 0.25) is 0 Å². The first kappa shape index (κ1) is 28.2. The van der Waals surface area contributed by atoms with Gasteiger partial charge in [0.05, 0.1) is 11.1 Å². The topological polar surface area (TPSA) is 3.24 Å². The van der Waals surface area contributed by atoms with Crippen LogP contribution in [0.3, 0.4) is 0 Å². The van der Waals surface area contributed by atoms with E-state index in [2.05, 4.69) is 97.6 Å². The van der Waals surface area contributed by atoms with Gasteiger partial charge in [-0.2, -0.15) is 0 Å². The van der Waals surface area contributed by atoms with E-state index in [4.69, 9.17) is 0 Å². The van der Waals surface area contributed by atoms with Crippen LogP contribution in [-0.4, -0.2) is 0 Å². The standard InChI is InChI=1S/C46H31F2N/c1-45(2)37-17-9-6-14-32(37)35-23-21-31(27-40(35)45)49(30-12-4-3-5-13-30)43-26-29(48)25-42-44(43)36-22-20-28(47)24-41(36)46(42)38-18-10-7-15-33(38)34-16-8-11-19-39(34)46/h3-27H,1-2H3. The highest BCUT2D eigenvalue weighted by Crippen LogP contribution is 2.65. The van der Waals surface area contributed by atoms with E-state index in [0.29, 0.717) is 0 Å². The first-order valence-electron chi connectivity index (χ1n) is 16.8. The molecule has 1 nitrogen and oxygen atoms in total. The SMILES string of the molecule is CC1(C)c2ccccc2-c2ccc(N(c3ccccc3)c3cc(F)cc4c3-c3ccc(F)cc3C43c4ccccc4-c4ccccc43)cc21. The third kappa shape index (κ3) is 3.62. The van der Waals surface area contributed by atoms with Gasteiger partial charge in [-0.15, -0.1) is 0 Å². The average Bonchev–Trinajstić information content (AvgIpc) is 3.67. The molecule has 0 N–H and O–H groups in total. The molecule has 3 heteroatoms. The zero-order chi connectivity index (χ0) is 33.1. The highest BCUT2D eigenvalue weighted by molar-refractivity contribution is 6.01. The molecule has 3 aliphatic rings. The van der Waals surface area contributed by atoms with Gasteiger partial charge in [0.1, 0.15) is 11.6 Å². The Labute approximate surface area is 284 Å². The lowest BCUT2D eigenvalue weighted by Gasteiger charge is -2.32. The molecular formula is C46H31F2N. The minimum absolute atomic E-state index is 0.209. The fourth-order valence-electron chi connectivity index (χ4n) is 9.19. The molecule has 0 aliphatic heterocycles. The van der Waals surface area contributed by atoms with Crippen molar-refractivity contribution in [2.24, 2.45) is 0 Å². The number of nitrogens with zero attached hydrogens (tertiary/aromatic N) is 1. The maximum Gasteiger partial charge on any atom is 0.125 e. The van der Waals surface area contributed by atoms with E-state index in [9.17, 15) is 0 Å². The third-order valence-corrected chi connectivity index (χ3v) is 11.2. The number of hydrogen-bond acceptors (Lipinski definition) is 1. The van der Waals surface area contributed by atoms with E-state index < -0.39 is 5.41 Å². The molecule has 0 heterocycles. The van der Waals surface area contributed by atoms with Crippen molar-refractivity contribution < 1.29 is 8.78 Å². The van der Waals surface area contributed by atoms with Gasteiger partial charge in [-0.1, -0.05) is 117 Å². The molecule has 0 aromatic heterocycles. The maximum atomic E-state index is 16.5. The van der Waals surface area contributed by atoms with Crippen LogP contribution >= 0.6 is 0 Å². The molecule has 0 unspecified atom stereocenters. The third-order valence-electron chi connectivity index (χ3n) is 11.2. The van der Waals surface area contributed by atoms with E-state index in [0.717, 1.165) is 61.6 Å². The second-order valence-corrected chi connectivity index (χ2v) is 13.9. The van der Waals surface area contributed by atoms with Crippen molar-refractivity contribution in [1.29, 1.82) is 0 Å². The summed E-state index contributed by atoms with van der Waals surface area (Å²) < 4.78 is 32.0. The number of benzene rings is 7. The fraction of sp³-hybridized carbons (Fsp3) is 0.0870. The molecule has 0 bridgehead atoms. The van der Waals surface area contributed by atoms with Gasteiger partial charge in [0.15, 0.2) is 0 Å². The molecule has 10 rings (SSSR count). The summed E-state index contributed by atoms with van der Waals surface area (Å²) in [4.78, 5) is 2.18. The van der Waals surface area contributed by atoms with Gasteiger partial charge in [0.25, 0.3) is 0 Å². The molecular weight excluding hydrogens is 605 g/mol. The molecule has 234 valence electrons. The van der Waals surface area contributed by atoms with Gasteiger partial charge in [-0.05, 0) is 110 Å². The first-order chi connectivity index (χ1) is 23.9. The number of anilines is 3. The lowest BCUT2D eigenvalue weighted by atomic mass is 9.70. The molecule has 0 radical (unpaired) electrons. The Bertz CT molecular complexity index is 2470. The van der Waals surface area contributed by atoms with Crippen molar-refractivity contribution in [3.63, 3.8) is 0 Å². The quantitative estimate of drug-likeness (QED) is 0.187. The molecule has 1 spiro atoms. The Morgan fingerprint density at radius 3 is 1.65 bits per heavy atom. The molecule has 0 saturated carbocycles. The average molecular weight is 636 g/mol. The molecule has 3 aliphatic carbocycles. The van der Waals surface area contributed by atoms with Crippen molar-refractivity contribution in [3.8, 4) is 33.4 Å². The second-order valence-electron chi connectivity index (χ2n) is 13.9. The summed E-state index contributed by atoms with van der Waals surface area (Å²) >= 11 is 0. The van der Waals surface area contributed by atoms with Gasteiger partial charge >= 0.3 is 0 Å². The van der Waals surface area contributed by atoms with E-state index >= 15 is 8.78 Å². The second kappa shape index (κ2) is 9.87. The Hall–Kier alpha value is -5.80. The Morgan fingerprint density at radius 2 is 0.959 bits per heavy atom. The number of para-hydroxylation sites is 1. The predicted molar refractivity (Wildman–Crippen MR) is 195 cm³/mol. The largest absolute Gasteiger partial charge is 0.310 e. The minimum Gasteiger partial charge on any atom is -0.310 e. The van der Waals surface area contributed by atoms with E-state index in [1.54, 1.807) is 18.2 Å². The molecule has 0 saturated heterocycles. The highest BCUT2D eigenvalue weighted by atomic mass is 19.1. The van der Waals surface area contributed by atoms with Crippen molar-refractivity contribution in [2.45, 2.75) is 24.7 Å². The molecule has 49 heavy (non-hydrogen) atoms. The van der Waals surface area contributed by atoms with Crippen LogP contribution in [0.5, 0.6) is 0 Å². The van der Waals surface area contributed by atoms with Crippen LogP contribution in [0.1, 0.15) is 47.2 Å². The van der Waals surface area contributed by atoms with E-state index in [1.165, 1.54) is 28.3 Å². The smallest absolute Gasteiger partial charge is 0.125 e. The van der Waals surface area contributed by atoms with Crippen molar-refractivity contribution in [1.82, 2.24) is 0 Å². The van der Waals surface area contributed by atoms with Gasteiger partial charge in [-0.3, -0.25) is 0 Å². The maximum absolute atomic E-state index is 16.5. The molecule has 0 fully saturated rings. The summed E-state index contributed by atoms with van der Waals surface area (Å²) in [6.07, 6.45) is 0. The summed E-state index contributed by atoms with van der Waals surface area (Å²) in [5, 5.41) is 0. The number of hydrogen-bond donors (Lipinski definition) is 0. The van der Waals surface area contributed by atoms with Gasteiger partial charge in [0, 0.05) is 22.4 Å². The van der Waals surface area contributed by atoms with Crippen LogP contribution in [0.25, 0.3) is 33.4 Å². The van der Waals surface area contributed by atoms with Gasteiger partial charge < -0.3 is 4.90 Å². The predicted octanol–water partition coefficient (Wildman–Crippen LogP) is 12.1. The Balaban J connectivity index is 1.30. The van der Waals surface area contributed by atoms with Crippen LogP contribution in [0.15, 0.2) is 152 Å². The lowest BCUT2D eigenvalue weighted by molar-refractivity contribution is 0.618. The van der Waals surface area contributed by atoms with Crippen LogP contribution in [-0.2, 0) is 10.8 Å². The van der Waals surface area contributed by atoms with Gasteiger partial charge in [-0.25, -0.2) is 8.78 Å². The highest BCUT2D eigenvalue weighted by Gasteiger charge is 2.53. The molecule has 7 aromatic carbocycles. The normalized spacial score (nSPS) is 14.9. The number of halogens is 2. The minimum atomic E-state index is -0.874. The van der Waals surface area contributed by atoms with E-state index in [1.807, 2.05) is 48.5 Å². The Kier molecular flexibility index (Phi) is 5.69. The summed E-state index contributed by atoms with van der Waals surface area (Å²) in [6, 6.07) is 50.5. The van der Waals surface area contributed by atoms with Gasteiger partial charge in [0.2, 0.25) is 0 Å². The lowest BCUT2D eigenvalue weighted by Crippen LogP contribution is -2.26. The number of fused-ring (bicyclic) bond motifs is 13. The first-order valence-corrected chi connectivity index (χ1v) is 16.8. The summed E-state index contributed by atoms with van der Waals surface area (Å²) in [6.45, 7) is 4.55. The number of rotatable bonds is 3. The summed E-state index contributed by atoms with van der Waals surface area (Å²) in [5.41, 5.74) is 14.3. The van der Waals surface area contributed by atoms with E-state index in [-0.39, 0.29) is 17.0 Å². The van der Waals surface area contributed by atoms with Crippen LogP contribution in [0.4, 0.5) is 25.8 Å². The van der Waals surface area contributed by atoms with Crippen LogP contribution < -0.4 is 4.90 Å². The molecule has 0 atom stereocenters. The molecule has 0 amide bonds. The Morgan fingerprint density at radius 1 is 0.408 bits per heavy atom. The zero-order valence-corrected chi connectivity index (χ0v) is 27.1. The van der Waals surface area contributed by atoms with Crippen molar-refractivity contribution in [2.75, 3.05) is 4.90 Å². The summed E-state index contributed by atoms with van der Waals surface area (Å²) in [5.74, 6) is -0.645. The fourth-order valence-corrected chi connectivity index (χ4v) is 9.19. The zero-order valence-electron chi connectivity index (χ0n) is 27.1. The van der Waals surface area contributed by atoms with Crippen molar-refractivity contribution in [3.05, 3.63) is 197 Å². The monoisotopic (exact) mass is 635 g/mol. The molecule has 7 aromatic rings. The summed E-state index contributed by atoms with van der Waals surface area (Å²) in [7, 11) is 0. The van der Waals surface area contributed by atoms with Crippen LogP contribution in [0, 0.1) is 11.6 Å². The van der Waals surface area contributed by atoms with Crippen molar-refractivity contribution >= 4 is 17.1 Å².